The van der Waals surface area contributed by atoms with E-state index in [1.807, 2.05) is 12.3 Å². The van der Waals surface area contributed by atoms with Gasteiger partial charge in [0.1, 0.15) is 11.6 Å². The molecule has 0 saturated carbocycles. The van der Waals surface area contributed by atoms with Crippen LogP contribution >= 0.6 is 11.3 Å². The summed E-state index contributed by atoms with van der Waals surface area (Å²) in [4.78, 5) is 13.1. The third-order valence-corrected chi connectivity index (χ3v) is 5.59. The number of anilines is 1. The van der Waals surface area contributed by atoms with Crippen LogP contribution in [-0.4, -0.2) is 32.8 Å². The minimum atomic E-state index is 0.417. The molecule has 1 aliphatic rings. The van der Waals surface area contributed by atoms with E-state index in [4.69, 9.17) is 10.1 Å². The van der Waals surface area contributed by atoms with E-state index in [0.717, 1.165) is 49.9 Å². The number of thiophene rings is 1. The van der Waals surface area contributed by atoms with Crippen molar-refractivity contribution >= 4 is 17.2 Å². The minimum Gasteiger partial charge on any atom is -0.356 e. The maximum absolute atomic E-state index is 4.92. The Kier molecular flexibility index (Phi) is 4.78. The molecule has 4 rings (SSSR count). The molecule has 1 atom stereocenters. The molecule has 4 heterocycles. The van der Waals surface area contributed by atoms with Crippen molar-refractivity contribution in [2.24, 2.45) is 0 Å². The molecule has 0 amide bonds. The van der Waals surface area contributed by atoms with Gasteiger partial charge in [-0.1, -0.05) is 12.1 Å². The molecular weight excluding hydrogens is 330 g/mol. The Morgan fingerprint density at radius 3 is 2.96 bits per heavy atom. The normalized spacial score (nSPS) is 17.8. The summed E-state index contributed by atoms with van der Waals surface area (Å²) in [7, 11) is 0. The van der Waals surface area contributed by atoms with E-state index in [-0.39, 0.29) is 0 Å². The monoisotopic (exact) mass is 353 g/mol. The summed E-state index contributed by atoms with van der Waals surface area (Å²) in [5.41, 5.74) is 0. The van der Waals surface area contributed by atoms with Gasteiger partial charge < -0.3 is 4.90 Å². The van der Waals surface area contributed by atoms with Gasteiger partial charge in [-0.3, -0.25) is 0 Å². The molecule has 0 radical (unpaired) electrons. The Morgan fingerprint density at radius 2 is 2.20 bits per heavy atom. The predicted molar refractivity (Wildman–Crippen MR) is 101 cm³/mol. The Hall–Kier alpha value is -2.21. The van der Waals surface area contributed by atoms with Gasteiger partial charge in [0.15, 0.2) is 5.82 Å². The molecule has 3 aromatic heterocycles. The standard InChI is InChI=1S/C19H23N5S/c1-2-24-19(21-17(22-24)13-16-8-6-12-25-16)15-7-5-11-23(14-15)18-9-3-4-10-20-18/h3-4,6,8-10,12,15H,2,5,7,11,13-14H2,1H3. The van der Waals surface area contributed by atoms with Crippen molar-refractivity contribution in [1.82, 2.24) is 19.7 Å². The zero-order valence-electron chi connectivity index (χ0n) is 14.5. The van der Waals surface area contributed by atoms with Crippen LogP contribution in [0.1, 0.15) is 42.2 Å². The van der Waals surface area contributed by atoms with Crippen molar-refractivity contribution in [3.05, 3.63) is 58.4 Å². The van der Waals surface area contributed by atoms with Gasteiger partial charge in [0.25, 0.3) is 0 Å². The molecule has 1 unspecified atom stereocenters. The Morgan fingerprint density at radius 1 is 1.24 bits per heavy atom. The van der Waals surface area contributed by atoms with Crippen LogP contribution in [0.25, 0.3) is 0 Å². The first-order valence-corrected chi connectivity index (χ1v) is 9.83. The van der Waals surface area contributed by atoms with Crippen molar-refractivity contribution in [2.45, 2.75) is 38.6 Å². The molecule has 1 fully saturated rings. The summed E-state index contributed by atoms with van der Waals surface area (Å²) in [6.45, 7) is 5.04. The number of hydrogen-bond acceptors (Lipinski definition) is 5. The number of aryl methyl sites for hydroxylation is 1. The molecular formula is C19H23N5S. The molecule has 5 nitrogen and oxygen atoms in total. The van der Waals surface area contributed by atoms with Gasteiger partial charge in [-0.05, 0) is 43.3 Å². The molecule has 1 saturated heterocycles. The SMILES string of the molecule is CCn1nc(Cc2cccs2)nc1C1CCCN(c2ccccn2)C1. The first-order valence-electron chi connectivity index (χ1n) is 8.95. The maximum atomic E-state index is 4.92. The Balaban J connectivity index is 1.55. The van der Waals surface area contributed by atoms with Gasteiger partial charge in [-0.15, -0.1) is 11.3 Å². The lowest BCUT2D eigenvalue weighted by atomic mass is 9.97. The first kappa shape index (κ1) is 16.3. The lowest BCUT2D eigenvalue weighted by Gasteiger charge is -2.33. The fourth-order valence-electron chi connectivity index (χ4n) is 3.52. The van der Waals surface area contributed by atoms with Gasteiger partial charge in [0.05, 0.1) is 0 Å². The number of rotatable bonds is 5. The number of piperidine rings is 1. The van der Waals surface area contributed by atoms with Gasteiger partial charge in [0, 0.05) is 43.0 Å². The van der Waals surface area contributed by atoms with Crippen molar-refractivity contribution in [3.8, 4) is 0 Å². The summed E-state index contributed by atoms with van der Waals surface area (Å²) in [6, 6.07) is 10.4. The number of hydrogen-bond donors (Lipinski definition) is 0. The third kappa shape index (κ3) is 3.58. The van der Waals surface area contributed by atoms with Gasteiger partial charge >= 0.3 is 0 Å². The van der Waals surface area contributed by atoms with Crippen LogP contribution in [0.15, 0.2) is 41.9 Å². The molecule has 1 aliphatic heterocycles. The van der Waals surface area contributed by atoms with Gasteiger partial charge in [0.2, 0.25) is 0 Å². The molecule has 6 heteroatoms. The van der Waals surface area contributed by atoms with Crippen molar-refractivity contribution in [1.29, 1.82) is 0 Å². The second-order valence-corrected chi connectivity index (χ2v) is 7.46. The summed E-state index contributed by atoms with van der Waals surface area (Å²) < 4.78 is 2.09. The second kappa shape index (κ2) is 7.35. The molecule has 0 aromatic carbocycles. The fraction of sp³-hybridized carbons (Fsp3) is 0.421. The van der Waals surface area contributed by atoms with Crippen molar-refractivity contribution < 1.29 is 0 Å². The third-order valence-electron chi connectivity index (χ3n) is 4.72. The van der Waals surface area contributed by atoms with Crippen LogP contribution in [0.5, 0.6) is 0 Å². The summed E-state index contributed by atoms with van der Waals surface area (Å²) in [5.74, 6) is 3.55. The number of nitrogens with zero attached hydrogens (tertiary/aromatic N) is 5. The number of pyridine rings is 1. The Bertz CT molecular complexity index is 797. The molecule has 0 spiro atoms. The number of aromatic nitrogens is 4. The highest BCUT2D eigenvalue weighted by Crippen LogP contribution is 2.28. The molecule has 25 heavy (non-hydrogen) atoms. The zero-order valence-corrected chi connectivity index (χ0v) is 15.3. The topological polar surface area (TPSA) is 46.8 Å². The molecule has 3 aromatic rings. The first-order chi connectivity index (χ1) is 12.3. The molecule has 0 bridgehead atoms. The van der Waals surface area contributed by atoms with Crippen molar-refractivity contribution in [2.75, 3.05) is 18.0 Å². The Labute approximate surface area is 152 Å². The summed E-state index contributed by atoms with van der Waals surface area (Å²) >= 11 is 1.77. The van der Waals surface area contributed by atoms with E-state index in [1.54, 1.807) is 11.3 Å². The van der Waals surface area contributed by atoms with E-state index in [2.05, 4.69) is 51.1 Å². The van der Waals surface area contributed by atoms with E-state index in [1.165, 1.54) is 11.3 Å². The van der Waals surface area contributed by atoms with Gasteiger partial charge in [-0.2, -0.15) is 5.10 Å². The quantitative estimate of drug-likeness (QED) is 0.701. The van der Waals surface area contributed by atoms with Crippen LogP contribution < -0.4 is 4.90 Å². The summed E-state index contributed by atoms with van der Waals surface area (Å²) in [6.07, 6.45) is 5.03. The van der Waals surface area contributed by atoms with Crippen LogP contribution in [-0.2, 0) is 13.0 Å². The lowest BCUT2D eigenvalue weighted by molar-refractivity contribution is 0.461. The highest BCUT2D eigenvalue weighted by atomic mass is 32.1. The average Bonchev–Trinajstić information content (AvgIpc) is 3.32. The second-order valence-electron chi connectivity index (χ2n) is 6.43. The highest BCUT2D eigenvalue weighted by Gasteiger charge is 2.26. The van der Waals surface area contributed by atoms with Crippen LogP contribution in [0, 0.1) is 0 Å². The fourth-order valence-corrected chi connectivity index (χ4v) is 4.22. The average molecular weight is 353 g/mol. The summed E-state index contributed by atoms with van der Waals surface area (Å²) in [5, 5.41) is 6.86. The van der Waals surface area contributed by atoms with Crippen LogP contribution in [0.2, 0.25) is 0 Å². The van der Waals surface area contributed by atoms with E-state index >= 15 is 0 Å². The largest absolute Gasteiger partial charge is 0.356 e. The minimum absolute atomic E-state index is 0.417. The predicted octanol–water partition coefficient (Wildman–Crippen LogP) is 3.73. The molecule has 0 N–H and O–H groups in total. The molecule has 130 valence electrons. The lowest BCUT2D eigenvalue weighted by Crippen LogP contribution is -2.36. The van der Waals surface area contributed by atoms with Gasteiger partial charge in [-0.25, -0.2) is 14.6 Å². The smallest absolute Gasteiger partial charge is 0.156 e. The van der Waals surface area contributed by atoms with E-state index < -0.39 is 0 Å². The zero-order chi connectivity index (χ0) is 17.1. The van der Waals surface area contributed by atoms with E-state index in [0.29, 0.717) is 5.92 Å². The van der Waals surface area contributed by atoms with Crippen LogP contribution in [0.4, 0.5) is 5.82 Å². The molecule has 0 aliphatic carbocycles. The maximum Gasteiger partial charge on any atom is 0.156 e. The van der Waals surface area contributed by atoms with E-state index in [9.17, 15) is 0 Å². The van der Waals surface area contributed by atoms with Crippen molar-refractivity contribution in [3.63, 3.8) is 0 Å². The van der Waals surface area contributed by atoms with Crippen LogP contribution in [0.3, 0.4) is 0 Å². The highest BCUT2D eigenvalue weighted by molar-refractivity contribution is 7.09.